The van der Waals surface area contributed by atoms with Crippen LogP contribution in [0.4, 0.5) is 0 Å². The topological polar surface area (TPSA) is 34.1 Å². The van der Waals surface area contributed by atoms with Gasteiger partial charge in [-0.2, -0.15) is 17.7 Å². The van der Waals surface area contributed by atoms with Gasteiger partial charge in [0.2, 0.25) is 0 Å². The van der Waals surface area contributed by atoms with Crippen molar-refractivity contribution in [2.45, 2.75) is 10.8 Å². The van der Waals surface area contributed by atoms with E-state index in [1.807, 2.05) is 12.1 Å². The Balaban J connectivity index is 0.00000180. The normalized spacial score (nSPS) is 10.6. The van der Waals surface area contributed by atoms with Gasteiger partial charge in [0.15, 0.2) is 9.84 Å². The first kappa shape index (κ1) is 16.6. The van der Waals surface area contributed by atoms with Crippen LogP contribution in [0.5, 0.6) is 0 Å². The van der Waals surface area contributed by atoms with Crippen molar-refractivity contribution in [1.82, 2.24) is 0 Å². The second-order valence-electron chi connectivity index (χ2n) is 3.85. The Bertz CT molecular complexity index is 610. The molecule has 0 saturated carbocycles. The van der Waals surface area contributed by atoms with Gasteiger partial charge in [-0.1, -0.05) is 29.5 Å². The summed E-state index contributed by atoms with van der Waals surface area (Å²) >= 11 is 5.68. The maximum absolute atomic E-state index is 12.1. The van der Waals surface area contributed by atoms with Gasteiger partial charge in [-0.05, 0) is 12.1 Å². The Hall–Kier alpha value is -0.450. The van der Waals surface area contributed by atoms with Crippen LogP contribution in [-0.2, 0) is 15.7 Å². The van der Waals surface area contributed by atoms with Crippen molar-refractivity contribution in [2.75, 3.05) is 0 Å². The Kier molecular flexibility index (Phi) is 6.43. The zero-order valence-electron chi connectivity index (χ0n) is 10.6. The fraction of sp³-hybridized carbons (Fsp3) is 0.0714. The molecular formula is C14H12ClNaO2S. The van der Waals surface area contributed by atoms with Gasteiger partial charge in [0.25, 0.3) is 0 Å². The summed E-state index contributed by atoms with van der Waals surface area (Å²) in [4.78, 5) is 0.298. The van der Waals surface area contributed by atoms with E-state index in [9.17, 15) is 8.42 Å². The molecule has 0 aliphatic rings. The standard InChI is InChI=1S/C14H12ClO2S.Na/c15-10-12-6-8-13(9-7-12)11-18(16,17)14-4-2-1-3-5-14;/h1-9,11H,10H2;/q-1;+1. The van der Waals surface area contributed by atoms with Gasteiger partial charge in [0.1, 0.15) is 0 Å². The number of alkyl halides is 1. The molecule has 0 unspecified atom stereocenters. The zero-order chi connectivity index (χ0) is 13.0. The van der Waals surface area contributed by atoms with E-state index in [2.05, 4.69) is 0 Å². The smallest absolute Gasteiger partial charge is 0.232 e. The second kappa shape index (κ2) is 7.36. The molecule has 0 fully saturated rings. The van der Waals surface area contributed by atoms with Crippen molar-refractivity contribution in [3.63, 3.8) is 0 Å². The summed E-state index contributed by atoms with van der Waals surface area (Å²) in [6.07, 6.45) is 0. The van der Waals surface area contributed by atoms with Gasteiger partial charge in [0, 0.05) is 5.88 Å². The second-order valence-corrected chi connectivity index (χ2v) is 5.92. The average molecular weight is 303 g/mol. The molecule has 0 amide bonds. The summed E-state index contributed by atoms with van der Waals surface area (Å²) < 4.78 is 24.1. The maximum Gasteiger partial charge on any atom is 1.00 e. The summed E-state index contributed by atoms with van der Waals surface area (Å²) in [5.41, 5.74) is 1.61. The van der Waals surface area contributed by atoms with E-state index >= 15 is 0 Å². The molecule has 19 heavy (non-hydrogen) atoms. The molecule has 0 aromatic heterocycles. The summed E-state index contributed by atoms with van der Waals surface area (Å²) in [6, 6.07) is 15.5. The molecule has 0 aliphatic heterocycles. The van der Waals surface area contributed by atoms with Crippen molar-refractivity contribution in [3.05, 3.63) is 71.5 Å². The van der Waals surface area contributed by atoms with E-state index in [1.54, 1.807) is 42.5 Å². The van der Waals surface area contributed by atoms with Gasteiger partial charge in [-0.15, -0.1) is 23.7 Å². The number of benzene rings is 2. The van der Waals surface area contributed by atoms with E-state index in [-0.39, 0.29) is 29.6 Å². The molecule has 0 saturated heterocycles. The molecule has 2 rings (SSSR count). The van der Waals surface area contributed by atoms with Crippen LogP contribution in [0.2, 0.25) is 0 Å². The third kappa shape index (κ3) is 4.55. The van der Waals surface area contributed by atoms with E-state index in [0.29, 0.717) is 16.3 Å². The van der Waals surface area contributed by atoms with Crippen LogP contribution >= 0.6 is 11.6 Å². The SMILES string of the molecule is O=S(=O)([CH-]c1ccc(CCl)cc1)c1ccccc1.[Na+]. The largest absolute Gasteiger partial charge is 1.00 e. The van der Waals surface area contributed by atoms with Crippen molar-refractivity contribution in [1.29, 1.82) is 0 Å². The van der Waals surface area contributed by atoms with Gasteiger partial charge < -0.3 is 0 Å². The Labute approximate surface area is 141 Å². The third-order valence-electron chi connectivity index (χ3n) is 2.50. The number of rotatable bonds is 4. The van der Waals surface area contributed by atoms with Crippen molar-refractivity contribution < 1.29 is 38.0 Å². The number of hydrogen-bond acceptors (Lipinski definition) is 2. The van der Waals surface area contributed by atoms with Crippen molar-refractivity contribution >= 4 is 21.4 Å². The first-order valence-corrected chi connectivity index (χ1v) is 7.50. The molecule has 0 heterocycles. The van der Waals surface area contributed by atoms with Gasteiger partial charge >= 0.3 is 29.6 Å². The van der Waals surface area contributed by atoms with Crippen LogP contribution in [0, 0.1) is 5.75 Å². The first-order chi connectivity index (χ1) is 8.62. The summed E-state index contributed by atoms with van der Waals surface area (Å²) in [5.74, 6) is 1.69. The maximum atomic E-state index is 12.1. The molecule has 0 aliphatic carbocycles. The van der Waals surface area contributed by atoms with E-state index in [0.717, 1.165) is 5.56 Å². The van der Waals surface area contributed by atoms with E-state index in [4.69, 9.17) is 11.6 Å². The quantitative estimate of drug-likeness (QED) is 0.466. The number of halogens is 1. The van der Waals surface area contributed by atoms with Crippen LogP contribution in [-0.4, -0.2) is 8.42 Å². The van der Waals surface area contributed by atoms with Crippen LogP contribution in [0.25, 0.3) is 0 Å². The molecule has 2 aromatic rings. The fourth-order valence-electron chi connectivity index (χ4n) is 1.54. The first-order valence-electron chi connectivity index (χ1n) is 5.41. The van der Waals surface area contributed by atoms with E-state index < -0.39 is 9.84 Å². The van der Waals surface area contributed by atoms with Crippen LogP contribution in [0.3, 0.4) is 0 Å². The molecule has 2 nitrogen and oxygen atoms in total. The summed E-state index contributed by atoms with van der Waals surface area (Å²) in [5, 5.41) is 0. The van der Waals surface area contributed by atoms with Gasteiger partial charge in [-0.3, -0.25) is 0 Å². The van der Waals surface area contributed by atoms with E-state index in [1.165, 1.54) is 5.75 Å². The van der Waals surface area contributed by atoms with Crippen LogP contribution < -0.4 is 29.6 Å². The molecule has 0 N–H and O–H groups in total. The zero-order valence-corrected chi connectivity index (χ0v) is 14.2. The predicted octanol–water partition coefficient (Wildman–Crippen LogP) is 0.413. The fourth-order valence-corrected chi connectivity index (χ4v) is 2.91. The molecule has 0 atom stereocenters. The molecule has 0 radical (unpaired) electrons. The van der Waals surface area contributed by atoms with Gasteiger partial charge in [0.05, 0.1) is 4.90 Å². The predicted molar refractivity (Wildman–Crippen MR) is 73.0 cm³/mol. The molecule has 2 aromatic carbocycles. The summed E-state index contributed by atoms with van der Waals surface area (Å²) in [6.45, 7) is 0. The monoisotopic (exact) mass is 302 g/mol. The Morgan fingerprint density at radius 1 is 0.947 bits per heavy atom. The molecule has 94 valence electrons. The van der Waals surface area contributed by atoms with Crippen LogP contribution in [0.15, 0.2) is 59.5 Å². The Morgan fingerprint density at radius 2 is 1.53 bits per heavy atom. The third-order valence-corrected chi connectivity index (χ3v) is 4.32. The summed E-state index contributed by atoms with van der Waals surface area (Å²) in [7, 11) is -3.39. The Morgan fingerprint density at radius 3 is 2.05 bits per heavy atom. The molecule has 0 spiro atoms. The van der Waals surface area contributed by atoms with Crippen LogP contribution in [0.1, 0.15) is 11.1 Å². The average Bonchev–Trinajstić information content (AvgIpc) is 2.40. The number of hydrogen-bond donors (Lipinski definition) is 0. The van der Waals surface area contributed by atoms with Crippen molar-refractivity contribution in [2.24, 2.45) is 0 Å². The molecule has 5 heteroatoms. The number of sulfone groups is 1. The van der Waals surface area contributed by atoms with Crippen molar-refractivity contribution in [3.8, 4) is 0 Å². The van der Waals surface area contributed by atoms with Gasteiger partial charge in [-0.25, -0.2) is 8.42 Å². The minimum absolute atomic E-state index is 0. The molecular weight excluding hydrogens is 291 g/mol. The minimum atomic E-state index is -3.39. The minimum Gasteiger partial charge on any atom is -0.232 e. The molecule has 0 bridgehead atoms.